The maximum atomic E-state index is 12.6. The van der Waals surface area contributed by atoms with Gasteiger partial charge in [-0.15, -0.1) is 90.7 Å². The van der Waals surface area contributed by atoms with Crippen molar-refractivity contribution in [3.63, 3.8) is 0 Å². The van der Waals surface area contributed by atoms with Crippen LogP contribution in [0.15, 0.2) is 170 Å². The molecule has 0 atom stereocenters. The zero-order valence-electron chi connectivity index (χ0n) is 57.2. The van der Waals surface area contributed by atoms with Crippen LogP contribution in [0.2, 0.25) is 5.02 Å². The number of rotatable bonds is 0. The molecule has 0 aliphatic carbocycles. The fraction of sp³-hybridized carbons (Fsp3) is 0.220. The molecule has 0 bridgehead atoms. The molecule has 0 aliphatic rings. The van der Waals surface area contributed by atoms with Crippen LogP contribution in [-0.4, -0.2) is 0 Å². The third kappa shape index (κ3) is 18.0. The summed E-state index contributed by atoms with van der Waals surface area (Å²) in [5.74, 6) is 0. The number of halogens is 7. The molecule has 8 heterocycles. The summed E-state index contributed by atoms with van der Waals surface area (Å²) < 4.78 is 84.7. The first-order valence-corrected chi connectivity index (χ1v) is 38.7. The average molecular weight is 1470 g/mol. The third-order valence-corrected chi connectivity index (χ3v) is 25.7. The van der Waals surface area contributed by atoms with E-state index in [1.54, 1.807) is 29.7 Å². The molecule has 502 valence electrons. The van der Waals surface area contributed by atoms with Gasteiger partial charge >= 0.3 is 12.4 Å². The van der Waals surface area contributed by atoms with Gasteiger partial charge in [-0.3, -0.25) is 0 Å². The zero-order valence-corrected chi connectivity index (χ0v) is 64.4. The van der Waals surface area contributed by atoms with Gasteiger partial charge in [0.2, 0.25) is 0 Å². The molecular formula is C82H77ClF6S8. The first-order chi connectivity index (χ1) is 45.9. The molecule has 0 fully saturated rings. The molecule has 16 rings (SSSR count). The Kier molecular flexibility index (Phi) is 24.7. The molecule has 0 unspecified atom stereocenters. The lowest BCUT2D eigenvalue weighted by molar-refractivity contribution is -0.137. The standard InChI is InChI=1S/3C11H12S.2C10H7F3S.2C10H10S.C9H7ClS/c1-7-4-10-9(3)6-12-11(10)5-8(7)2;1-7-4-8(2)11-9(3)6-12-10(11)5-7;1-7-4-5-10-11(9(7)3)8(2)6-12-10;1-6-5-14-9-3-2-7(4-8(6)9)10(11,12)13;1-6-5-14-8-4-2-3-7(9(6)8)10(11,12)13;1-7-3-4-9-8(2)6-11-10(9)5-7;1-7-4-3-5-9-10(7)8(2)6-11-9;1-6-5-11-8-4-2-3-7(10)9(6)8/h3*4-6H,1-3H3;2*2-5H,1H3;2*3-6H,1-2H3;2-5H,1H3. The van der Waals surface area contributed by atoms with E-state index >= 15 is 0 Å². The summed E-state index contributed by atoms with van der Waals surface area (Å²) in [7, 11) is 0. The van der Waals surface area contributed by atoms with Gasteiger partial charge in [0, 0.05) is 53.4 Å². The molecule has 0 nitrogen and oxygen atoms in total. The number of aryl methyl sites for hydroxylation is 16. The second-order valence-electron chi connectivity index (χ2n) is 24.6. The van der Waals surface area contributed by atoms with Crippen LogP contribution in [0.5, 0.6) is 0 Å². The van der Waals surface area contributed by atoms with Crippen molar-refractivity contribution in [1.29, 1.82) is 0 Å². The topological polar surface area (TPSA) is 0 Å². The van der Waals surface area contributed by atoms with Gasteiger partial charge in [-0.25, -0.2) is 0 Å². The lowest BCUT2D eigenvalue weighted by Gasteiger charge is -2.08. The van der Waals surface area contributed by atoms with E-state index in [9.17, 15) is 26.3 Å². The molecule has 15 heteroatoms. The molecule has 0 radical (unpaired) electrons. The molecule has 0 saturated heterocycles. The Bertz CT molecular complexity index is 5300. The van der Waals surface area contributed by atoms with Gasteiger partial charge in [-0.05, 0) is 348 Å². The van der Waals surface area contributed by atoms with Crippen molar-refractivity contribution in [2.75, 3.05) is 0 Å². The predicted octanol–water partition coefficient (Wildman–Crippen LogP) is 30.8. The van der Waals surface area contributed by atoms with Crippen LogP contribution in [0, 0.1) is 111 Å². The van der Waals surface area contributed by atoms with Gasteiger partial charge in [0.05, 0.1) is 11.1 Å². The lowest BCUT2D eigenvalue weighted by Crippen LogP contribution is -2.05. The highest BCUT2D eigenvalue weighted by molar-refractivity contribution is 7.19. The number of hydrogen-bond acceptors (Lipinski definition) is 8. The van der Waals surface area contributed by atoms with Crippen LogP contribution in [0.4, 0.5) is 26.3 Å². The van der Waals surface area contributed by atoms with E-state index in [-0.39, 0.29) is 0 Å². The highest BCUT2D eigenvalue weighted by Crippen LogP contribution is 2.40. The molecule has 0 amide bonds. The number of fused-ring (bicyclic) bond motifs is 8. The van der Waals surface area contributed by atoms with Gasteiger partial charge in [-0.2, -0.15) is 26.3 Å². The minimum absolute atomic E-state index is 0.338. The van der Waals surface area contributed by atoms with Crippen molar-refractivity contribution in [3.05, 3.63) is 276 Å². The fourth-order valence-corrected chi connectivity index (χ4v) is 19.9. The Morgan fingerprint density at radius 3 is 1.26 bits per heavy atom. The third-order valence-electron chi connectivity index (χ3n) is 16.9. The molecule has 0 saturated carbocycles. The molecule has 0 spiro atoms. The fourth-order valence-electron chi connectivity index (χ4n) is 11.5. The van der Waals surface area contributed by atoms with E-state index in [4.69, 9.17) is 11.6 Å². The van der Waals surface area contributed by atoms with Gasteiger partial charge in [0.25, 0.3) is 0 Å². The largest absolute Gasteiger partial charge is 0.417 e. The Morgan fingerprint density at radius 1 is 0.258 bits per heavy atom. The first kappa shape index (κ1) is 74.5. The van der Waals surface area contributed by atoms with Gasteiger partial charge in [0.15, 0.2) is 0 Å². The van der Waals surface area contributed by atoms with E-state index in [0.717, 1.165) is 27.4 Å². The Labute approximate surface area is 602 Å². The maximum Gasteiger partial charge on any atom is 0.417 e. The Hall–Kier alpha value is -6.69. The maximum absolute atomic E-state index is 12.6. The molecule has 8 aromatic carbocycles. The first-order valence-electron chi connectivity index (χ1n) is 31.3. The second-order valence-corrected chi connectivity index (χ2v) is 32.3. The van der Waals surface area contributed by atoms with Crippen LogP contribution in [0.1, 0.15) is 100 Å². The van der Waals surface area contributed by atoms with E-state index in [1.165, 1.54) is 179 Å². The smallest absolute Gasteiger partial charge is 0.166 e. The van der Waals surface area contributed by atoms with E-state index < -0.39 is 23.5 Å². The van der Waals surface area contributed by atoms with Crippen molar-refractivity contribution in [2.24, 2.45) is 0 Å². The summed E-state index contributed by atoms with van der Waals surface area (Å²) in [6.45, 7) is 33.9. The van der Waals surface area contributed by atoms with Crippen molar-refractivity contribution < 1.29 is 26.3 Å². The normalized spacial score (nSPS) is 11.2. The number of hydrogen-bond donors (Lipinski definition) is 0. The monoisotopic (exact) mass is 1470 g/mol. The molecule has 16 aromatic rings. The summed E-state index contributed by atoms with van der Waals surface area (Å²) in [4.78, 5) is 0. The summed E-state index contributed by atoms with van der Waals surface area (Å²) in [6, 6.07) is 40.7. The van der Waals surface area contributed by atoms with E-state index in [1.807, 2.05) is 81.1 Å². The predicted molar refractivity (Wildman–Crippen MR) is 425 cm³/mol. The SMILES string of the molecule is Cc1cc(C)c2c(C)csc2c1.Cc1cc2scc(C)c2cc1C.Cc1ccc2c(C)csc2c1.Cc1ccc2scc(C)c2c1C.Cc1cccc2scc(C)c12.Cc1csc2ccc(C(F)(F)F)cc12.Cc1csc2cccc(C(F)(F)F)c12.Cc1csc2cccc(Cl)c12. The summed E-state index contributed by atoms with van der Waals surface area (Å²) in [5, 5.41) is 27.2. The van der Waals surface area contributed by atoms with Crippen LogP contribution < -0.4 is 0 Å². The molecule has 0 N–H and O–H groups in total. The molecular weight excluding hydrogens is 1390 g/mol. The van der Waals surface area contributed by atoms with E-state index in [0.29, 0.717) is 21.0 Å². The van der Waals surface area contributed by atoms with Gasteiger partial charge < -0.3 is 0 Å². The van der Waals surface area contributed by atoms with Crippen LogP contribution in [0.3, 0.4) is 0 Å². The Balaban J connectivity index is 0.000000130. The van der Waals surface area contributed by atoms with Crippen LogP contribution >= 0.6 is 102 Å². The summed E-state index contributed by atoms with van der Waals surface area (Å²) in [5.41, 5.74) is 19.9. The quantitative estimate of drug-likeness (QED) is 0.133. The molecule has 0 aliphatic heterocycles. The lowest BCUT2D eigenvalue weighted by atomic mass is 10.0. The zero-order chi connectivity index (χ0) is 70.4. The minimum Gasteiger partial charge on any atom is -0.166 e. The number of thiophene rings is 8. The van der Waals surface area contributed by atoms with Crippen LogP contribution in [-0.2, 0) is 12.4 Å². The minimum atomic E-state index is -4.26. The molecule has 97 heavy (non-hydrogen) atoms. The molecule has 8 aromatic heterocycles. The number of alkyl halides is 6. The van der Waals surface area contributed by atoms with Crippen molar-refractivity contribution in [3.8, 4) is 0 Å². The van der Waals surface area contributed by atoms with Crippen molar-refractivity contribution >= 4 is 183 Å². The average Bonchev–Trinajstić information content (AvgIpc) is 1.75. The van der Waals surface area contributed by atoms with Gasteiger partial charge in [-0.1, -0.05) is 66.2 Å². The summed E-state index contributed by atoms with van der Waals surface area (Å²) in [6.07, 6.45) is -8.51. The van der Waals surface area contributed by atoms with E-state index in [2.05, 4.69) is 208 Å². The van der Waals surface area contributed by atoms with Gasteiger partial charge in [0.1, 0.15) is 0 Å². The highest BCUT2D eigenvalue weighted by Gasteiger charge is 2.33. The Morgan fingerprint density at radius 2 is 0.680 bits per heavy atom. The van der Waals surface area contributed by atoms with Crippen molar-refractivity contribution in [2.45, 2.75) is 123 Å². The second kappa shape index (κ2) is 32.1. The van der Waals surface area contributed by atoms with Crippen molar-refractivity contribution in [1.82, 2.24) is 0 Å². The highest BCUT2D eigenvalue weighted by atomic mass is 35.5. The number of benzene rings is 8. The summed E-state index contributed by atoms with van der Waals surface area (Å²) >= 11 is 19.7. The van der Waals surface area contributed by atoms with Crippen LogP contribution in [0.25, 0.3) is 80.7 Å².